The molecule has 0 saturated heterocycles. The summed E-state index contributed by atoms with van der Waals surface area (Å²) in [5, 5.41) is 4.80. The first-order chi connectivity index (χ1) is 12.4. The van der Waals surface area contributed by atoms with Crippen molar-refractivity contribution in [1.29, 1.82) is 0 Å². The average Bonchev–Trinajstić information content (AvgIpc) is 3.08. The highest BCUT2D eigenvalue weighted by Gasteiger charge is 2.19. The van der Waals surface area contributed by atoms with Crippen molar-refractivity contribution in [1.82, 2.24) is 9.88 Å². The number of nitrogens with zero attached hydrogens (tertiary/aromatic N) is 2. The zero-order valence-corrected chi connectivity index (χ0v) is 15.8. The summed E-state index contributed by atoms with van der Waals surface area (Å²) in [6, 6.07) is 5.60. The number of hydrogen-bond donors (Lipinski definition) is 1. The Kier molecular flexibility index (Phi) is 7.08. The smallest absolute Gasteiger partial charge is 0.357 e. The van der Waals surface area contributed by atoms with Gasteiger partial charge in [-0.3, -0.25) is 0 Å². The molecule has 0 aliphatic carbocycles. The predicted octanol–water partition coefficient (Wildman–Crippen LogP) is 4.15. The van der Waals surface area contributed by atoms with Gasteiger partial charge in [0.1, 0.15) is 10.8 Å². The third-order valence-electron chi connectivity index (χ3n) is 3.65. The first-order valence-corrected chi connectivity index (χ1v) is 9.11. The molecule has 2 rings (SSSR count). The largest absolute Gasteiger partial charge is 0.464 e. The van der Waals surface area contributed by atoms with Gasteiger partial charge in [0.15, 0.2) is 5.69 Å². The number of carbonyl (C=O) groups is 2. The third-order valence-corrected chi connectivity index (χ3v) is 4.49. The minimum Gasteiger partial charge on any atom is -0.464 e. The molecule has 0 radical (unpaired) electrons. The molecule has 0 bridgehead atoms. The SMILES string of the molecule is COC(=O)c1csc(CN(CCC(C)C)C(=O)Nc2ccccc2F)n1. The topological polar surface area (TPSA) is 71.5 Å². The molecule has 8 heteroatoms. The van der Waals surface area contributed by atoms with E-state index in [0.717, 1.165) is 6.42 Å². The van der Waals surface area contributed by atoms with E-state index in [4.69, 9.17) is 0 Å². The molecular weight excluding hydrogens is 357 g/mol. The van der Waals surface area contributed by atoms with Crippen molar-refractivity contribution in [2.45, 2.75) is 26.8 Å². The van der Waals surface area contributed by atoms with Crippen LogP contribution in [0, 0.1) is 11.7 Å². The lowest BCUT2D eigenvalue weighted by Gasteiger charge is -2.23. The minimum absolute atomic E-state index is 0.126. The van der Waals surface area contributed by atoms with Gasteiger partial charge in [-0.15, -0.1) is 11.3 Å². The van der Waals surface area contributed by atoms with Crippen LogP contribution in [0.15, 0.2) is 29.6 Å². The summed E-state index contributed by atoms with van der Waals surface area (Å²) >= 11 is 1.28. The van der Waals surface area contributed by atoms with Crippen LogP contribution in [-0.4, -0.2) is 35.5 Å². The molecule has 1 aromatic carbocycles. The molecule has 26 heavy (non-hydrogen) atoms. The van der Waals surface area contributed by atoms with Crippen LogP contribution in [0.4, 0.5) is 14.9 Å². The molecule has 0 fully saturated rings. The standard InChI is InChI=1S/C18H22FN3O3S/c1-12(2)8-9-22(10-16-20-15(11-26-16)17(23)25-3)18(24)21-14-7-5-4-6-13(14)19/h4-7,11-12H,8-10H2,1-3H3,(H,21,24). The number of methoxy groups -OCH3 is 1. The van der Waals surface area contributed by atoms with Gasteiger partial charge < -0.3 is 15.0 Å². The van der Waals surface area contributed by atoms with E-state index < -0.39 is 17.8 Å². The quantitative estimate of drug-likeness (QED) is 0.734. The molecule has 1 N–H and O–H groups in total. The number of urea groups is 1. The highest BCUT2D eigenvalue weighted by molar-refractivity contribution is 7.09. The Bertz CT molecular complexity index is 764. The lowest BCUT2D eigenvalue weighted by Crippen LogP contribution is -2.36. The van der Waals surface area contributed by atoms with Crippen molar-refractivity contribution in [3.05, 3.63) is 46.2 Å². The number of hydrogen-bond acceptors (Lipinski definition) is 5. The van der Waals surface area contributed by atoms with E-state index in [1.807, 2.05) is 0 Å². The molecule has 0 aliphatic rings. The van der Waals surface area contributed by atoms with Gasteiger partial charge in [-0.25, -0.2) is 19.0 Å². The van der Waals surface area contributed by atoms with Gasteiger partial charge in [0, 0.05) is 11.9 Å². The molecule has 2 aromatic rings. The molecule has 0 spiro atoms. The van der Waals surface area contributed by atoms with Crippen LogP contribution >= 0.6 is 11.3 Å². The summed E-state index contributed by atoms with van der Waals surface area (Å²) in [5.74, 6) is -0.607. The van der Waals surface area contributed by atoms with Crippen molar-refractivity contribution in [2.24, 2.45) is 5.92 Å². The number of ether oxygens (including phenoxy) is 1. The van der Waals surface area contributed by atoms with Crippen LogP contribution in [0.1, 0.15) is 35.8 Å². The number of rotatable bonds is 7. The first-order valence-electron chi connectivity index (χ1n) is 8.24. The van der Waals surface area contributed by atoms with Crippen molar-refractivity contribution in [2.75, 3.05) is 19.0 Å². The van der Waals surface area contributed by atoms with Crippen molar-refractivity contribution >= 4 is 29.0 Å². The maximum atomic E-state index is 13.8. The number of benzene rings is 1. The number of nitrogens with one attached hydrogen (secondary N) is 1. The molecular formula is C18H22FN3O3S. The molecule has 1 heterocycles. The molecule has 0 atom stereocenters. The van der Waals surface area contributed by atoms with Gasteiger partial charge in [-0.1, -0.05) is 26.0 Å². The number of halogens is 1. The second kappa shape index (κ2) is 9.28. The maximum absolute atomic E-state index is 13.8. The van der Waals surface area contributed by atoms with Gasteiger partial charge in [0.05, 0.1) is 19.3 Å². The minimum atomic E-state index is -0.517. The van der Waals surface area contributed by atoms with E-state index in [0.29, 0.717) is 17.5 Å². The van der Waals surface area contributed by atoms with E-state index in [1.165, 1.54) is 30.6 Å². The number of thiazole rings is 1. The molecule has 6 nitrogen and oxygen atoms in total. The normalized spacial score (nSPS) is 10.7. The number of aromatic nitrogens is 1. The first kappa shape index (κ1) is 19.8. The molecule has 1 aromatic heterocycles. The van der Waals surface area contributed by atoms with E-state index in [1.54, 1.807) is 22.4 Å². The van der Waals surface area contributed by atoms with Crippen LogP contribution < -0.4 is 5.32 Å². The average molecular weight is 379 g/mol. The Hall–Kier alpha value is -2.48. The van der Waals surface area contributed by atoms with Gasteiger partial charge in [0.25, 0.3) is 0 Å². The summed E-state index contributed by atoms with van der Waals surface area (Å²) in [4.78, 5) is 29.9. The maximum Gasteiger partial charge on any atom is 0.357 e. The molecule has 2 amide bonds. The molecule has 0 aliphatic heterocycles. The monoisotopic (exact) mass is 379 g/mol. The Labute approximate surface area is 156 Å². The number of amides is 2. The molecule has 140 valence electrons. The van der Waals surface area contributed by atoms with Crippen LogP contribution in [0.25, 0.3) is 0 Å². The van der Waals surface area contributed by atoms with Crippen LogP contribution in [0.3, 0.4) is 0 Å². The zero-order valence-electron chi connectivity index (χ0n) is 15.0. The highest BCUT2D eigenvalue weighted by Crippen LogP contribution is 2.17. The van der Waals surface area contributed by atoms with Crippen LogP contribution in [-0.2, 0) is 11.3 Å². The summed E-state index contributed by atoms with van der Waals surface area (Å²) in [6.45, 7) is 4.84. The Balaban J connectivity index is 2.11. The lowest BCUT2D eigenvalue weighted by atomic mass is 10.1. The summed E-state index contributed by atoms with van der Waals surface area (Å²) in [6.07, 6.45) is 0.792. The summed E-state index contributed by atoms with van der Waals surface area (Å²) in [7, 11) is 1.29. The van der Waals surface area contributed by atoms with Gasteiger partial charge in [-0.2, -0.15) is 0 Å². The fourth-order valence-electron chi connectivity index (χ4n) is 2.17. The summed E-state index contributed by atoms with van der Waals surface area (Å²) in [5.41, 5.74) is 0.340. The third kappa shape index (κ3) is 5.52. The summed E-state index contributed by atoms with van der Waals surface area (Å²) < 4.78 is 18.4. The van der Waals surface area contributed by atoms with Crippen molar-refractivity contribution in [3.8, 4) is 0 Å². The zero-order chi connectivity index (χ0) is 19.1. The fraction of sp³-hybridized carbons (Fsp3) is 0.389. The second-order valence-electron chi connectivity index (χ2n) is 6.13. The molecule has 0 saturated carbocycles. The van der Waals surface area contributed by atoms with Crippen molar-refractivity contribution in [3.63, 3.8) is 0 Å². The van der Waals surface area contributed by atoms with Gasteiger partial charge in [0.2, 0.25) is 0 Å². The number of esters is 1. The van der Waals surface area contributed by atoms with Gasteiger partial charge >= 0.3 is 12.0 Å². The van der Waals surface area contributed by atoms with E-state index in [9.17, 15) is 14.0 Å². The Morgan fingerprint density at radius 1 is 1.35 bits per heavy atom. The van der Waals surface area contributed by atoms with E-state index in [2.05, 4.69) is 28.9 Å². The Morgan fingerprint density at radius 2 is 2.08 bits per heavy atom. The van der Waals surface area contributed by atoms with Crippen LogP contribution in [0.5, 0.6) is 0 Å². The fourth-order valence-corrected chi connectivity index (χ4v) is 2.95. The second-order valence-corrected chi connectivity index (χ2v) is 7.07. The number of anilines is 1. The number of para-hydroxylation sites is 1. The number of carbonyl (C=O) groups excluding carboxylic acids is 2. The predicted molar refractivity (Wildman–Crippen MR) is 98.7 cm³/mol. The van der Waals surface area contributed by atoms with Gasteiger partial charge in [-0.05, 0) is 24.5 Å². The Morgan fingerprint density at radius 3 is 2.73 bits per heavy atom. The van der Waals surface area contributed by atoms with Crippen LogP contribution in [0.2, 0.25) is 0 Å². The molecule has 0 unspecified atom stereocenters. The lowest BCUT2D eigenvalue weighted by molar-refractivity contribution is 0.0594. The van der Waals surface area contributed by atoms with E-state index >= 15 is 0 Å². The van der Waals surface area contributed by atoms with E-state index in [-0.39, 0.29) is 17.9 Å². The highest BCUT2D eigenvalue weighted by atomic mass is 32.1. The van der Waals surface area contributed by atoms with Crippen molar-refractivity contribution < 1.29 is 18.7 Å².